The number of nitrogens with zero attached hydrogens (tertiary/aromatic N) is 2. The molecule has 1 aromatic carbocycles. The first-order chi connectivity index (χ1) is 13.1. The van der Waals surface area contributed by atoms with Gasteiger partial charge in [0.15, 0.2) is 5.82 Å². The van der Waals surface area contributed by atoms with Gasteiger partial charge >= 0.3 is 6.18 Å². The standard InChI is InChI=1S/C19H21F3N4O2/c1-18(28,13-5-4-6-14(11-13)19(20,21)22)17-24-12-16(25-17)26(3)9-7-15(23-2)8-10-27/h4-12,23,28H,1-3H3,(H,24,25)/b9-7-,15-8+. The van der Waals surface area contributed by atoms with E-state index in [2.05, 4.69) is 15.3 Å². The Balaban J connectivity index is 2.28. The van der Waals surface area contributed by atoms with Gasteiger partial charge in [-0.1, -0.05) is 12.1 Å². The minimum absolute atomic E-state index is 0.0628. The lowest BCUT2D eigenvalue weighted by molar-refractivity contribution is -0.137. The molecule has 1 heterocycles. The molecule has 6 nitrogen and oxygen atoms in total. The molecular weight excluding hydrogens is 373 g/mol. The zero-order valence-electron chi connectivity index (χ0n) is 15.6. The number of hydrogen-bond donors (Lipinski definition) is 3. The Kier molecular flexibility index (Phi) is 6.30. The van der Waals surface area contributed by atoms with E-state index < -0.39 is 17.3 Å². The maximum atomic E-state index is 13.0. The number of hydrogen-bond acceptors (Lipinski definition) is 5. The lowest BCUT2D eigenvalue weighted by atomic mass is 9.93. The van der Waals surface area contributed by atoms with Crippen molar-refractivity contribution in [1.82, 2.24) is 15.3 Å². The smallest absolute Gasteiger partial charge is 0.388 e. The van der Waals surface area contributed by atoms with Crippen molar-refractivity contribution in [3.63, 3.8) is 0 Å². The summed E-state index contributed by atoms with van der Waals surface area (Å²) in [5.74, 6) is 0.527. The number of benzene rings is 1. The normalized spacial score (nSPS) is 14.8. The van der Waals surface area contributed by atoms with E-state index in [1.807, 2.05) is 0 Å². The van der Waals surface area contributed by atoms with Crippen molar-refractivity contribution >= 4 is 12.1 Å². The molecule has 2 rings (SSSR count). The first kappa shape index (κ1) is 21.2. The Hall–Kier alpha value is -3.07. The molecule has 0 fully saturated rings. The molecule has 3 N–H and O–H groups in total. The number of allylic oxidation sites excluding steroid dienone is 2. The third-order valence-electron chi connectivity index (χ3n) is 4.15. The van der Waals surface area contributed by atoms with E-state index in [0.29, 0.717) is 17.8 Å². The zero-order chi connectivity index (χ0) is 20.9. The van der Waals surface area contributed by atoms with Crippen molar-refractivity contribution in [3.8, 4) is 0 Å². The number of likely N-dealkylation sites (N-methyl/N-ethyl adjacent to an activating group) is 1. The number of carbonyl (C=O) groups is 1. The van der Waals surface area contributed by atoms with Gasteiger partial charge in [-0.2, -0.15) is 13.2 Å². The number of halogens is 3. The first-order valence-corrected chi connectivity index (χ1v) is 8.30. The fourth-order valence-corrected chi connectivity index (χ4v) is 2.44. The molecule has 150 valence electrons. The van der Waals surface area contributed by atoms with Crippen molar-refractivity contribution < 1.29 is 23.1 Å². The number of imidazole rings is 1. The molecular formula is C19H21F3N4O2. The lowest BCUT2D eigenvalue weighted by Crippen LogP contribution is -2.25. The lowest BCUT2D eigenvalue weighted by Gasteiger charge is -2.22. The van der Waals surface area contributed by atoms with Gasteiger partial charge in [0.05, 0.1) is 5.56 Å². The Labute approximate surface area is 160 Å². The van der Waals surface area contributed by atoms with Crippen molar-refractivity contribution in [2.75, 3.05) is 19.0 Å². The van der Waals surface area contributed by atoms with Crippen LogP contribution in [0.15, 0.2) is 54.5 Å². The van der Waals surface area contributed by atoms with Gasteiger partial charge in [-0.05, 0) is 30.7 Å². The molecule has 9 heteroatoms. The second-order valence-corrected chi connectivity index (χ2v) is 6.19. The van der Waals surface area contributed by atoms with Gasteiger partial charge in [-0.3, -0.25) is 4.79 Å². The first-order valence-electron chi connectivity index (χ1n) is 8.30. The monoisotopic (exact) mass is 394 g/mol. The highest BCUT2D eigenvalue weighted by Crippen LogP contribution is 2.34. The van der Waals surface area contributed by atoms with Gasteiger partial charge in [0, 0.05) is 38.3 Å². The van der Waals surface area contributed by atoms with Crippen LogP contribution in [0.25, 0.3) is 0 Å². The summed E-state index contributed by atoms with van der Waals surface area (Å²) in [6.07, 6.45) is 2.29. The van der Waals surface area contributed by atoms with Crippen molar-refractivity contribution in [2.45, 2.75) is 18.7 Å². The minimum atomic E-state index is -4.51. The van der Waals surface area contributed by atoms with E-state index in [9.17, 15) is 23.1 Å². The van der Waals surface area contributed by atoms with E-state index in [0.717, 1.165) is 12.1 Å². The van der Waals surface area contributed by atoms with Crippen LogP contribution in [-0.2, 0) is 16.6 Å². The molecule has 2 aromatic rings. The number of anilines is 1. The van der Waals surface area contributed by atoms with E-state index in [1.165, 1.54) is 31.3 Å². The summed E-state index contributed by atoms with van der Waals surface area (Å²) in [5, 5.41) is 13.6. The Bertz CT molecular complexity index is 885. The molecule has 0 aliphatic heterocycles. The van der Waals surface area contributed by atoms with Crippen LogP contribution in [0.5, 0.6) is 0 Å². The summed E-state index contributed by atoms with van der Waals surface area (Å²) in [5.41, 5.74) is -1.96. The number of carbonyl (C=O) groups excluding carboxylic acids is 1. The Morgan fingerprint density at radius 3 is 2.61 bits per heavy atom. The van der Waals surface area contributed by atoms with E-state index in [1.54, 1.807) is 31.3 Å². The SMILES string of the molecule is CNC(/C=C\N(C)c1c[nH]c(C(C)(O)c2cccc(C(F)(F)F)c2)n1)=C/C=O. The van der Waals surface area contributed by atoms with Gasteiger partial charge in [-0.15, -0.1) is 0 Å². The third kappa shape index (κ3) is 4.80. The number of nitrogens with one attached hydrogen (secondary N) is 2. The van der Waals surface area contributed by atoms with Crippen LogP contribution in [0.3, 0.4) is 0 Å². The summed E-state index contributed by atoms with van der Waals surface area (Å²) in [7, 11) is 3.36. The number of aliphatic hydroxyl groups is 1. The molecule has 0 radical (unpaired) electrons. The molecule has 0 amide bonds. The summed E-state index contributed by atoms with van der Waals surface area (Å²) in [4.78, 5) is 19.3. The molecule has 0 spiro atoms. The van der Waals surface area contributed by atoms with Gasteiger partial charge in [0.2, 0.25) is 0 Å². The van der Waals surface area contributed by atoms with Gasteiger partial charge < -0.3 is 20.3 Å². The maximum Gasteiger partial charge on any atom is 0.416 e. The fourth-order valence-electron chi connectivity index (χ4n) is 2.44. The molecule has 1 unspecified atom stereocenters. The molecule has 0 saturated carbocycles. The number of aromatic nitrogens is 2. The quantitative estimate of drug-likeness (QED) is 0.382. The largest absolute Gasteiger partial charge is 0.416 e. The van der Waals surface area contributed by atoms with Crippen LogP contribution >= 0.6 is 0 Å². The number of H-pyrrole nitrogens is 1. The van der Waals surface area contributed by atoms with Crippen molar-refractivity contribution in [1.29, 1.82) is 0 Å². The van der Waals surface area contributed by atoms with Crippen LogP contribution in [0.4, 0.5) is 19.0 Å². The molecule has 1 atom stereocenters. The second kappa shape index (κ2) is 8.30. The van der Waals surface area contributed by atoms with Crippen LogP contribution < -0.4 is 10.2 Å². The van der Waals surface area contributed by atoms with Crippen LogP contribution in [-0.4, -0.2) is 35.5 Å². The van der Waals surface area contributed by atoms with Gasteiger partial charge in [0.1, 0.15) is 17.7 Å². The third-order valence-corrected chi connectivity index (χ3v) is 4.15. The van der Waals surface area contributed by atoms with Crippen LogP contribution in [0.1, 0.15) is 23.9 Å². The van der Waals surface area contributed by atoms with Crippen molar-refractivity contribution in [3.05, 3.63) is 71.5 Å². The second-order valence-electron chi connectivity index (χ2n) is 6.19. The highest BCUT2D eigenvalue weighted by atomic mass is 19.4. The molecule has 0 bridgehead atoms. The molecule has 0 aliphatic rings. The predicted octanol–water partition coefficient (Wildman–Crippen LogP) is 2.94. The Morgan fingerprint density at radius 2 is 2.00 bits per heavy atom. The number of alkyl halides is 3. The number of rotatable bonds is 7. The highest BCUT2D eigenvalue weighted by molar-refractivity contribution is 5.67. The van der Waals surface area contributed by atoms with Crippen molar-refractivity contribution in [2.24, 2.45) is 0 Å². The summed E-state index contributed by atoms with van der Waals surface area (Å²) >= 11 is 0. The average molecular weight is 394 g/mol. The maximum absolute atomic E-state index is 13.0. The van der Waals surface area contributed by atoms with Crippen LogP contribution in [0.2, 0.25) is 0 Å². The predicted molar refractivity (Wildman–Crippen MR) is 99.5 cm³/mol. The zero-order valence-corrected chi connectivity index (χ0v) is 15.6. The Morgan fingerprint density at radius 1 is 1.32 bits per heavy atom. The summed E-state index contributed by atoms with van der Waals surface area (Å²) < 4.78 is 38.9. The van der Waals surface area contributed by atoms with E-state index in [-0.39, 0.29) is 11.4 Å². The van der Waals surface area contributed by atoms with Gasteiger partial charge in [0.25, 0.3) is 0 Å². The van der Waals surface area contributed by atoms with E-state index >= 15 is 0 Å². The number of aromatic amines is 1. The van der Waals surface area contributed by atoms with Crippen LogP contribution in [0, 0.1) is 0 Å². The molecule has 1 aromatic heterocycles. The molecule has 0 saturated heterocycles. The average Bonchev–Trinajstić information content (AvgIpc) is 3.15. The molecule has 0 aliphatic carbocycles. The summed E-state index contributed by atoms with van der Waals surface area (Å²) in [6, 6.07) is 4.49. The van der Waals surface area contributed by atoms with Gasteiger partial charge in [-0.25, -0.2) is 4.98 Å². The van der Waals surface area contributed by atoms with E-state index in [4.69, 9.17) is 0 Å². The number of aldehydes is 1. The summed E-state index contributed by atoms with van der Waals surface area (Å²) in [6.45, 7) is 1.37. The molecule has 28 heavy (non-hydrogen) atoms. The minimum Gasteiger partial charge on any atom is -0.388 e. The highest BCUT2D eigenvalue weighted by Gasteiger charge is 2.34. The topological polar surface area (TPSA) is 81.2 Å². The fraction of sp³-hybridized carbons (Fsp3) is 0.263.